The van der Waals surface area contributed by atoms with Crippen LogP contribution >= 0.6 is 0 Å². The Morgan fingerprint density at radius 1 is 0.645 bits per heavy atom. The van der Waals surface area contributed by atoms with Crippen LogP contribution in [-0.4, -0.2) is 37.1 Å². The summed E-state index contributed by atoms with van der Waals surface area (Å²) in [6, 6.07) is 9.79. The van der Waals surface area contributed by atoms with Crippen molar-refractivity contribution in [1.82, 2.24) is 4.90 Å². The first-order valence-corrected chi connectivity index (χ1v) is 10.4. The van der Waals surface area contributed by atoms with Crippen LogP contribution in [0.2, 0.25) is 0 Å². The van der Waals surface area contributed by atoms with Gasteiger partial charge >= 0.3 is 16.8 Å². The molecule has 2 aromatic carbocycles. The maximum atomic E-state index is 3.72. The number of likely N-dealkylation sites (N-methyl/N-ethyl adjacent to an activating group) is 1. The summed E-state index contributed by atoms with van der Waals surface area (Å²) >= 11 is 0. The van der Waals surface area contributed by atoms with Gasteiger partial charge in [0.15, 0.2) is 0 Å². The molecule has 0 heterocycles. The third-order valence-electron chi connectivity index (χ3n) is 5.31. The fraction of sp³-hybridized carbons (Fsp3) is 0.520. The number of hydrogen-bond donors (Lipinski definition) is 2. The molecule has 6 heteroatoms. The Kier molecular flexibility index (Phi) is 14.9. The van der Waals surface area contributed by atoms with Crippen LogP contribution in [0.3, 0.4) is 0 Å². The molecule has 2 rings (SSSR count). The van der Waals surface area contributed by atoms with E-state index in [1.54, 1.807) is 0 Å². The molecular formula is C25H39Cl2CoN3. The first-order valence-electron chi connectivity index (χ1n) is 10.4. The van der Waals surface area contributed by atoms with Gasteiger partial charge in [-0.25, -0.2) is 0 Å². The summed E-state index contributed by atoms with van der Waals surface area (Å²) in [7, 11) is 2.21. The van der Waals surface area contributed by atoms with Crippen LogP contribution in [0.1, 0.15) is 47.2 Å². The summed E-state index contributed by atoms with van der Waals surface area (Å²) in [6.45, 7) is 19.6. The smallest absolute Gasteiger partial charge is 1.00 e. The molecule has 0 saturated heterocycles. The number of halogens is 2. The molecule has 3 nitrogen and oxygen atoms in total. The number of nitrogens with zero attached hydrogens (tertiary/aromatic N) is 1. The number of nitrogens with one attached hydrogen (secondary N) is 2. The third kappa shape index (κ3) is 9.63. The van der Waals surface area contributed by atoms with Crippen molar-refractivity contribution in [3.63, 3.8) is 0 Å². The van der Waals surface area contributed by atoms with Crippen molar-refractivity contribution in [2.24, 2.45) is 0 Å². The molecule has 0 saturated carbocycles. The molecule has 0 amide bonds. The Bertz CT molecular complexity index is 713. The van der Waals surface area contributed by atoms with Gasteiger partial charge < -0.3 is 40.3 Å². The molecular weight excluding hydrogens is 472 g/mol. The zero-order valence-electron chi connectivity index (χ0n) is 20.4. The largest absolute Gasteiger partial charge is 2.00 e. The van der Waals surface area contributed by atoms with E-state index in [1.807, 2.05) is 0 Å². The minimum absolute atomic E-state index is 0. The van der Waals surface area contributed by atoms with Crippen molar-refractivity contribution in [2.45, 2.75) is 67.5 Å². The Hall–Kier alpha value is -0.914. The van der Waals surface area contributed by atoms with Crippen molar-refractivity contribution >= 4 is 11.4 Å². The SMILES string of the molecule is Cc1cc(C)c(NC(C)CN(C)CC(C)Nc2c(C)cc(C)cc2C)c(C)c1.[Cl-].[Cl-].[Co+2]. The van der Waals surface area contributed by atoms with Gasteiger partial charge in [-0.15, -0.1) is 0 Å². The van der Waals surface area contributed by atoms with Crippen LogP contribution < -0.4 is 35.4 Å². The first kappa shape index (κ1) is 32.3. The summed E-state index contributed by atoms with van der Waals surface area (Å²) in [6.07, 6.45) is 0. The molecule has 0 aliphatic rings. The van der Waals surface area contributed by atoms with Crippen LogP contribution in [0, 0.1) is 41.5 Å². The minimum Gasteiger partial charge on any atom is -1.00 e. The van der Waals surface area contributed by atoms with Crippen molar-refractivity contribution in [3.05, 3.63) is 57.6 Å². The van der Waals surface area contributed by atoms with Gasteiger partial charge in [0.1, 0.15) is 0 Å². The van der Waals surface area contributed by atoms with Crippen molar-refractivity contribution in [2.75, 3.05) is 30.8 Å². The summed E-state index contributed by atoms with van der Waals surface area (Å²) in [4.78, 5) is 2.41. The Balaban J connectivity index is 0. The van der Waals surface area contributed by atoms with E-state index in [9.17, 15) is 0 Å². The first-order chi connectivity index (χ1) is 13.1. The second-order valence-corrected chi connectivity index (χ2v) is 8.86. The molecule has 0 aliphatic heterocycles. The quantitative estimate of drug-likeness (QED) is 0.514. The summed E-state index contributed by atoms with van der Waals surface area (Å²) in [5.74, 6) is 0. The fourth-order valence-electron chi connectivity index (χ4n) is 4.41. The number of aryl methyl sites for hydroxylation is 6. The number of benzene rings is 2. The third-order valence-corrected chi connectivity index (χ3v) is 5.31. The van der Waals surface area contributed by atoms with E-state index >= 15 is 0 Å². The predicted molar refractivity (Wildman–Crippen MR) is 125 cm³/mol. The molecule has 31 heavy (non-hydrogen) atoms. The van der Waals surface area contributed by atoms with E-state index in [2.05, 4.69) is 102 Å². The monoisotopic (exact) mass is 510 g/mol. The standard InChI is InChI=1S/C25H39N3.2ClH.Co/c1-16-10-18(3)24(19(4)11-16)26-22(7)14-28(9)15-23(8)27-25-20(5)12-17(2)13-21(25)6;;;/h10-13,22-23,26-27H,14-15H2,1-9H3;2*1H;/q;;;+2/p-2. The van der Waals surface area contributed by atoms with Crippen molar-refractivity contribution in [3.8, 4) is 0 Å². The van der Waals surface area contributed by atoms with Gasteiger partial charge in [0.2, 0.25) is 0 Å². The average molecular weight is 511 g/mol. The normalized spacial score (nSPS) is 12.2. The molecule has 2 atom stereocenters. The molecule has 0 bridgehead atoms. The van der Waals surface area contributed by atoms with Crippen molar-refractivity contribution in [1.29, 1.82) is 0 Å². The van der Waals surface area contributed by atoms with E-state index in [1.165, 1.54) is 44.8 Å². The predicted octanol–water partition coefficient (Wildman–Crippen LogP) is -0.225. The van der Waals surface area contributed by atoms with Gasteiger partial charge in [0, 0.05) is 36.5 Å². The summed E-state index contributed by atoms with van der Waals surface area (Å²) in [5, 5.41) is 7.44. The van der Waals surface area contributed by atoms with Crippen LogP contribution in [0.25, 0.3) is 0 Å². The molecule has 2 aromatic rings. The minimum atomic E-state index is 0. The average Bonchev–Trinajstić information content (AvgIpc) is 2.54. The molecule has 1 radical (unpaired) electrons. The van der Waals surface area contributed by atoms with Gasteiger partial charge in [-0.1, -0.05) is 35.4 Å². The molecule has 0 aromatic heterocycles. The summed E-state index contributed by atoms with van der Waals surface area (Å²) < 4.78 is 0. The summed E-state index contributed by atoms with van der Waals surface area (Å²) in [5.41, 5.74) is 10.5. The molecule has 177 valence electrons. The number of hydrogen-bond acceptors (Lipinski definition) is 3. The van der Waals surface area contributed by atoms with E-state index in [4.69, 9.17) is 0 Å². The molecule has 0 aliphatic carbocycles. The second-order valence-electron chi connectivity index (χ2n) is 8.86. The number of rotatable bonds is 8. The van der Waals surface area contributed by atoms with E-state index in [-0.39, 0.29) is 41.6 Å². The topological polar surface area (TPSA) is 27.3 Å². The van der Waals surface area contributed by atoms with Gasteiger partial charge in [-0.2, -0.15) is 0 Å². The van der Waals surface area contributed by atoms with Crippen LogP contribution in [0.15, 0.2) is 24.3 Å². The number of anilines is 2. The molecule has 0 fully saturated rings. The maximum Gasteiger partial charge on any atom is 2.00 e. The molecule has 2 N–H and O–H groups in total. The van der Waals surface area contributed by atoms with Gasteiger partial charge in [0.05, 0.1) is 0 Å². The van der Waals surface area contributed by atoms with E-state index < -0.39 is 0 Å². The maximum absolute atomic E-state index is 3.72. The fourth-order valence-corrected chi connectivity index (χ4v) is 4.41. The zero-order chi connectivity index (χ0) is 21.0. The van der Waals surface area contributed by atoms with Crippen LogP contribution in [0.5, 0.6) is 0 Å². The van der Waals surface area contributed by atoms with Crippen LogP contribution in [-0.2, 0) is 16.8 Å². The van der Waals surface area contributed by atoms with Gasteiger partial charge in [-0.3, -0.25) is 0 Å². The van der Waals surface area contributed by atoms with E-state index in [0.29, 0.717) is 12.1 Å². The van der Waals surface area contributed by atoms with Crippen molar-refractivity contribution < 1.29 is 41.6 Å². The second kappa shape index (κ2) is 14.3. The Morgan fingerprint density at radius 2 is 0.903 bits per heavy atom. The Labute approximate surface area is 213 Å². The van der Waals surface area contributed by atoms with E-state index in [0.717, 1.165) is 13.1 Å². The zero-order valence-corrected chi connectivity index (χ0v) is 23.0. The molecule has 0 spiro atoms. The van der Waals surface area contributed by atoms with Gasteiger partial charge in [-0.05, 0) is 84.7 Å². The Morgan fingerprint density at radius 3 is 1.16 bits per heavy atom. The molecule has 2 unspecified atom stereocenters. The van der Waals surface area contributed by atoms with Gasteiger partial charge in [0.25, 0.3) is 0 Å². The van der Waals surface area contributed by atoms with Crippen LogP contribution in [0.4, 0.5) is 11.4 Å².